The summed E-state index contributed by atoms with van der Waals surface area (Å²) in [5.41, 5.74) is 5.01. The first-order chi connectivity index (χ1) is 22.8. The van der Waals surface area contributed by atoms with E-state index in [-0.39, 0.29) is 28.9 Å². The number of anilines is 1. The van der Waals surface area contributed by atoms with Crippen LogP contribution in [0.4, 0.5) is 5.69 Å². The van der Waals surface area contributed by atoms with Crippen LogP contribution in [-0.4, -0.2) is 47.2 Å². The number of halogens is 1. The van der Waals surface area contributed by atoms with E-state index in [2.05, 4.69) is 58.8 Å². The smallest absolute Gasteiger partial charge is 0.263 e. The Balaban J connectivity index is 1.42. The van der Waals surface area contributed by atoms with Gasteiger partial charge in [0.1, 0.15) is 16.7 Å². The monoisotopic (exact) mass is 675 g/mol. The number of carbonyl (C=O) groups is 1. The highest BCUT2D eigenvalue weighted by atomic mass is 35.5. The van der Waals surface area contributed by atoms with Crippen LogP contribution in [0.15, 0.2) is 66.9 Å². The summed E-state index contributed by atoms with van der Waals surface area (Å²) in [4.78, 5) is 20.4. The number of fused-ring (bicyclic) bond motifs is 2. The Bertz CT molecular complexity index is 1650. The SMILES string of the molecule is CCCc1cc(Cl)ccc1C1COc2ccc3cc2N(C1)CC1CCC1C(c1cccnc1OC)/C=C/CC(C)C(C)S(=O)NC3=O. The molecule has 2 aliphatic heterocycles. The van der Waals surface area contributed by atoms with Gasteiger partial charge >= 0.3 is 0 Å². The van der Waals surface area contributed by atoms with Gasteiger partial charge in [-0.1, -0.05) is 56.2 Å². The number of pyridine rings is 1. The third kappa shape index (κ3) is 7.24. The number of benzene rings is 2. The maximum Gasteiger partial charge on any atom is 0.263 e. The average molecular weight is 676 g/mol. The maximum atomic E-state index is 13.5. The molecule has 2 aromatic carbocycles. The van der Waals surface area contributed by atoms with Gasteiger partial charge in [0.15, 0.2) is 0 Å². The molecule has 1 aromatic heterocycles. The Morgan fingerprint density at radius 3 is 2.72 bits per heavy atom. The van der Waals surface area contributed by atoms with Crippen molar-refractivity contribution in [3.05, 3.63) is 94.2 Å². The molecule has 3 heterocycles. The number of amides is 1. The summed E-state index contributed by atoms with van der Waals surface area (Å²) in [5.74, 6) is 2.26. The van der Waals surface area contributed by atoms with Gasteiger partial charge in [-0.3, -0.25) is 9.52 Å². The molecule has 1 fully saturated rings. The first-order valence-corrected chi connectivity index (χ1v) is 18.5. The zero-order chi connectivity index (χ0) is 33.1. The number of aryl methyl sites for hydroxylation is 1. The summed E-state index contributed by atoms with van der Waals surface area (Å²) in [7, 11) is 0.146. The lowest BCUT2D eigenvalue weighted by molar-refractivity contribution is 0.0982. The summed E-state index contributed by atoms with van der Waals surface area (Å²) in [6, 6.07) is 16.0. The number of nitrogens with one attached hydrogen (secondary N) is 1. The van der Waals surface area contributed by atoms with Crippen LogP contribution in [0, 0.1) is 17.8 Å². The van der Waals surface area contributed by atoms with Crippen molar-refractivity contribution in [3.8, 4) is 11.6 Å². The van der Waals surface area contributed by atoms with Crippen LogP contribution in [0.2, 0.25) is 5.02 Å². The zero-order valence-corrected chi connectivity index (χ0v) is 29.4. The molecule has 1 amide bonds. The van der Waals surface area contributed by atoms with Crippen molar-refractivity contribution in [1.29, 1.82) is 0 Å². The van der Waals surface area contributed by atoms with Crippen LogP contribution in [0.1, 0.15) is 85.3 Å². The van der Waals surface area contributed by atoms with E-state index in [0.29, 0.717) is 29.9 Å². The van der Waals surface area contributed by atoms with Crippen molar-refractivity contribution in [1.82, 2.24) is 9.71 Å². The highest BCUT2D eigenvalue weighted by molar-refractivity contribution is 7.84. The van der Waals surface area contributed by atoms with E-state index in [9.17, 15) is 9.00 Å². The van der Waals surface area contributed by atoms with E-state index in [1.807, 2.05) is 31.2 Å². The molecular weight excluding hydrogens is 630 g/mol. The van der Waals surface area contributed by atoms with Gasteiger partial charge in [-0.05, 0) is 97.9 Å². The second kappa shape index (κ2) is 14.8. The largest absolute Gasteiger partial charge is 0.491 e. The lowest BCUT2D eigenvalue weighted by Gasteiger charge is -2.44. The average Bonchev–Trinajstić information content (AvgIpc) is 3.24. The molecule has 1 saturated carbocycles. The Morgan fingerprint density at radius 1 is 1.11 bits per heavy atom. The van der Waals surface area contributed by atoms with Crippen LogP contribution in [0.5, 0.6) is 11.6 Å². The molecule has 7 atom stereocenters. The molecule has 1 aliphatic carbocycles. The summed E-state index contributed by atoms with van der Waals surface area (Å²) in [5, 5.41) is 0.525. The van der Waals surface area contributed by atoms with Crippen molar-refractivity contribution in [2.75, 3.05) is 31.7 Å². The standard InChI is InChI=1S/C38H46ClN3O4S/c1-5-8-26-19-30(39)14-16-31(26)29-22-42-21-28-12-15-32(28)33(34-11-7-18-40-38(34)45-4)10-6-9-24(2)25(3)47(44)41-37(43)27-13-17-36(46-23-29)35(42)20-27/h6-7,10-11,13-14,16-20,24-25,28-29,32-33H,5,8-9,12,15,21-23H2,1-4H3,(H,41,43)/b10-6+. The predicted octanol–water partition coefficient (Wildman–Crippen LogP) is 7.87. The molecule has 9 heteroatoms. The number of methoxy groups -OCH3 is 1. The Kier molecular flexibility index (Phi) is 10.6. The maximum absolute atomic E-state index is 13.5. The van der Waals surface area contributed by atoms with Crippen molar-refractivity contribution in [3.63, 3.8) is 0 Å². The van der Waals surface area contributed by atoms with Gasteiger partial charge in [-0.2, -0.15) is 0 Å². The molecule has 2 bridgehead atoms. The summed E-state index contributed by atoms with van der Waals surface area (Å²) < 4.78 is 28.4. The van der Waals surface area contributed by atoms with E-state index in [1.165, 1.54) is 11.1 Å². The molecule has 3 aliphatic rings. The zero-order valence-electron chi connectivity index (χ0n) is 27.8. The van der Waals surface area contributed by atoms with E-state index >= 15 is 0 Å². The molecule has 7 nitrogen and oxygen atoms in total. The van der Waals surface area contributed by atoms with Crippen LogP contribution >= 0.6 is 11.6 Å². The Labute approximate surface area is 286 Å². The predicted molar refractivity (Wildman–Crippen MR) is 190 cm³/mol. The molecule has 0 saturated heterocycles. The van der Waals surface area contributed by atoms with E-state index in [1.54, 1.807) is 19.4 Å². The van der Waals surface area contributed by atoms with Crippen molar-refractivity contribution in [2.24, 2.45) is 17.8 Å². The minimum Gasteiger partial charge on any atom is -0.491 e. The molecule has 6 rings (SSSR count). The highest BCUT2D eigenvalue weighted by Gasteiger charge is 2.40. The fourth-order valence-corrected chi connectivity index (χ4v) is 8.64. The number of allylic oxidation sites excluding steroid dienone is 2. The van der Waals surface area contributed by atoms with Crippen LogP contribution in [0.25, 0.3) is 0 Å². The normalized spacial score (nSPS) is 28.6. The second-order valence-electron chi connectivity index (χ2n) is 13.4. The fraction of sp³-hybridized carbons (Fsp3) is 0.474. The first-order valence-electron chi connectivity index (χ1n) is 16.9. The minimum atomic E-state index is -1.54. The number of ether oxygens (including phenoxy) is 2. The quantitative estimate of drug-likeness (QED) is 0.277. The van der Waals surface area contributed by atoms with Gasteiger partial charge in [0.25, 0.3) is 5.91 Å². The van der Waals surface area contributed by atoms with Crippen molar-refractivity contribution >= 4 is 34.2 Å². The summed E-state index contributed by atoms with van der Waals surface area (Å²) in [6.07, 6.45) is 11.3. The van der Waals surface area contributed by atoms with Crippen molar-refractivity contribution < 1.29 is 18.5 Å². The minimum absolute atomic E-state index is 0.104. The lowest BCUT2D eigenvalue weighted by Crippen LogP contribution is -2.42. The third-order valence-corrected chi connectivity index (χ3v) is 12.2. The van der Waals surface area contributed by atoms with E-state index < -0.39 is 11.0 Å². The number of rotatable bonds is 5. The molecular formula is C38H46ClN3O4S. The number of hydrogen-bond acceptors (Lipinski definition) is 6. The molecule has 1 N–H and O–H groups in total. The van der Waals surface area contributed by atoms with Crippen molar-refractivity contribution in [2.45, 2.75) is 70.0 Å². The molecule has 0 spiro atoms. The third-order valence-electron chi connectivity index (χ3n) is 10.4. The van der Waals surface area contributed by atoms with Gasteiger partial charge in [0, 0.05) is 47.3 Å². The summed E-state index contributed by atoms with van der Waals surface area (Å²) >= 11 is 6.46. The lowest BCUT2D eigenvalue weighted by atomic mass is 9.64. The topological polar surface area (TPSA) is 80.8 Å². The van der Waals surface area contributed by atoms with E-state index in [4.69, 9.17) is 21.1 Å². The van der Waals surface area contributed by atoms with Crippen LogP contribution in [-0.2, 0) is 17.4 Å². The molecule has 250 valence electrons. The molecule has 47 heavy (non-hydrogen) atoms. The number of nitrogens with zero attached hydrogens (tertiary/aromatic N) is 2. The van der Waals surface area contributed by atoms with Crippen LogP contribution in [0.3, 0.4) is 0 Å². The van der Waals surface area contributed by atoms with E-state index in [0.717, 1.165) is 67.2 Å². The Morgan fingerprint density at radius 2 is 1.96 bits per heavy atom. The molecule has 0 radical (unpaired) electrons. The number of hydrogen-bond donors (Lipinski definition) is 1. The van der Waals surface area contributed by atoms with Gasteiger partial charge < -0.3 is 14.4 Å². The van der Waals surface area contributed by atoms with Gasteiger partial charge in [-0.25, -0.2) is 9.19 Å². The first kappa shape index (κ1) is 33.5. The Hall–Kier alpha value is -3.36. The fourth-order valence-electron chi connectivity index (χ4n) is 7.42. The van der Waals surface area contributed by atoms with Gasteiger partial charge in [0.2, 0.25) is 5.88 Å². The van der Waals surface area contributed by atoms with Crippen LogP contribution < -0.4 is 19.1 Å². The van der Waals surface area contributed by atoms with Gasteiger partial charge in [0.05, 0.1) is 24.7 Å². The molecule has 7 unspecified atom stereocenters. The molecule has 3 aromatic rings. The summed E-state index contributed by atoms with van der Waals surface area (Å²) in [6.45, 7) is 8.32. The highest BCUT2D eigenvalue weighted by Crippen LogP contribution is 2.48. The number of aromatic nitrogens is 1. The van der Waals surface area contributed by atoms with Gasteiger partial charge in [-0.15, -0.1) is 0 Å². The second-order valence-corrected chi connectivity index (χ2v) is 15.4. The number of carbonyl (C=O) groups excluding carboxylic acids is 1.